The molecule has 1 unspecified atom stereocenters. The van der Waals surface area contributed by atoms with Gasteiger partial charge in [-0.15, -0.1) is 0 Å². The van der Waals surface area contributed by atoms with Gasteiger partial charge in [-0.1, -0.05) is 44.0 Å². The van der Waals surface area contributed by atoms with Gasteiger partial charge in [0.15, 0.2) is 6.10 Å². The second-order valence-corrected chi connectivity index (χ2v) is 6.50. The maximum atomic E-state index is 12.0. The molecular weight excluding hydrogens is 428 g/mol. The number of carbonyl (C=O) groups excluding carboxylic acids is 2. The lowest BCUT2D eigenvalue weighted by atomic mass is 10.2. The highest BCUT2D eigenvalue weighted by atomic mass is 79.9. The summed E-state index contributed by atoms with van der Waals surface area (Å²) in [7, 11) is 0. The number of hydrogen-bond donors (Lipinski definition) is 2. The molecule has 0 saturated carbocycles. The lowest BCUT2D eigenvalue weighted by molar-refractivity contribution is -0.128. The van der Waals surface area contributed by atoms with Gasteiger partial charge in [-0.3, -0.25) is 20.4 Å². The molecular formula is C16H14Br2N2O3. The van der Waals surface area contributed by atoms with Crippen molar-refractivity contribution >= 4 is 43.7 Å². The predicted molar refractivity (Wildman–Crippen MR) is 94.0 cm³/mol. The van der Waals surface area contributed by atoms with Gasteiger partial charge in [0.1, 0.15) is 5.75 Å². The molecule has 2 N–H and O–H groups in total. The number of rotatable bonds is 4. The Bertz CT molecular complexity index is 722. The second kappa shape index (κ2) is 8.12. The minimum absolute atomic E-state index is 0.408. The monoisotopic (exact) mass is 440 g/mol. The Hall–Kier alpha value is -1.86. The van der Waals surface area contributed by atoms with Crippen LogP contribution >= 0.6 is 31.9 Å². The molecule has 0 aromatic heterocycles. The Kier molecular flexibility index (Phi) is 6.18. The summed E-state index contributed by atoms with van der Waals surface area (Å²) in [6.07, 6.45) is -0.757. The summed E-state index contributed by atoms with van der Waals surface area (Å²) in [5, 5.41) is 0. The fraction of sp³-hybridized carbons (Fsp3) is 0.125. The van der Waals surface area contributed by atoms with Gasteiger partial charge in [-0.25, -0.2) is 0 Å². The van der Waals surface area contributed by atoms with Gasteiger partial charge in [0.25, 0.3) is 11.8 Å². The first-order valence-corrected chi connectivity index (χ1v) is 8.32. The Morgan fingerprint density at radius 2 is 1.65 bits per heavy atom. The highest BCUT2D eigenvalue weighted by molar-refractivity contribution is 9.10. The van der Waals surface area contributed by atoms with E-state index in [0.29, 0.717) is 11.3 Å². The molecule has 0 aliphatic carbocycles. The van der Waals surface area contributed by atoms with E-state index in [2.05, 4.69) is 42.7 Å². The average Bonchev–Trinajstić information content (AvgIpc) is 2.52. The first-order valence-electron chi connectivity index (χ1n) is 6.73. The molecule has 0 fully saturated rings. The highest BCUT2D eigenvalue weighted by Gasteiger charge is 2.16. The quantitative estimate of drug-likeness (QED) is 0.714. The third-order valence-corrected chi connectivity index (χ3v) is 3.85. The maximum Gasteiger partial charge on any atom is 0.279 e. The van der Waals surface area contributed by atoms with Gasteiger partial charge >= 0.3 is 0 Å². The molecule has 5 nitrogen and oxygen atoms in total. The maximum absolute atomic E-state index is 12.0. The lowest BCUT2D eigenvalue weighted by Crippen LogP contribution is -2.47. The van der Waals surface area contributed by atoms with Crippen molar-refractivity contribution in [3.8, 4) is 5.75 Å². The molecule has 0 spiro atoms. The summed E-state index contributed by atoms with van der Waals surface area (Å²) in [5.41, 5.74) is 5.13. The zero-order valence-corrected chi connectivity index (χ0v) is 15.3. The van der Waals surface area contributed by atoms with Gasteiger partial charge in [0, 0.05) is 14.5 Å². The first-order chi connectivity index (χ1) is 11.0. The summed E-state index contributed by atoms with van der Waals surface area (Å²) in [6, 6.07) is 14.0. The van der Waals surface area contributed by atoms with Crippen LogP contribution < -0.4 is 15.6 Å². The van der Waals surface area contributed by atoms with Gasteiger partial charge < -0.3 is 4.74 Å². The van der Waals surface area contributed by atoms with E-state index in [4.69, 9.17) is 4.74 Å². The summed E-state index contributed by atoms with van der Waals surface area (Å²) < 4.78 is 7.15. The molecule has 0 heterocycles. The van der Waals surface area contributed by atoms with E-state index in [0.717, 1.165) is 8.95 Å². The summed E-state index contributed by atoms with van der Waals surface area (Å²) in [6.45, 7) is 1.60. The largest absolute Gasteiger partial charge is 0.481 e. The number of halogens is 2. The van der Waals surface area contributed by atoms with Crippen LogP contribution in [-0.4, -0.2) is 17.9 Å². The van der Waals surface area contributed by atoms with Crippen LogP contribution in [0.15, 0.2) is 57.5 Å². The van der Waals surface area contributed by atoms with Gasteiger partial charge in [-0.2, -0.15) is 0 Å². The normalized spacial score (nSPS) is 11.4. The lowest BCUT2D eigenvalue weighted by Gasteiger charge is -2.15. The van der Waals surface area contributed by atoms with Crippen LogP contribution in [0.3, 0.4) is 0 Å². The molecule has 0 aliphatic rings. The number of nitrogens with one attached hydrogen (secondary N) is 2. The van der Waals surface area contributed by atoms with E-state index in [-0.39, 0.29) is 0 Å². The average molecular weight is 442 g/mol. The Morgan fingerprint density at radius 1 is 1.00 bits per heavy atom. The van der Waals surface area contributed by atoms with Crippen molar-refractivity contribution in [1.29, 1.82) is 0 Å². The van der Waals surface area contributed by atoms with Crippen molar-refractivity contribution in [3.63, 3.8) is 0 Å². The number of hydrogen-bond acceptors (Lipinski definition) is 3. The Morgan fingerprint density at radius 3 is 2.30 bits per heavy atom. The first kappa shape index (κ1) is 17.5. The molecule has 120 valence electrons. The third-order valence-electron chi connectivity index (χ3n) is 2.86. The van der Waals surface area contributed by atoms with Crippen molar-refractivity contribution in [1.82, 2.24) is 10.9 Å². The van der Waals surface area contributed by atoms with Crippen molar-refractivity contribution in [2.24, 2.45) is 0 Å². The van der Waals surface area contributed by atoms with Crippen LogP contribution in [0.1, 0.15) is 17.3 Å². The molecule has 2 amide bonds. The molecule has 0 radical (unpaired) electrons. The van der Waals surface area contributed by atoms with E-state index in [1.54, 1.807) is 43.3 Å². The van der Waals surface area contributed by atoms with Crippen molar-refractivity contribution in [2.75, 3.05) is 0 Å². The van der Waals surface area contributed by atoms with Gasteiger partial charge in [-0.05, 0) is 43.3 Å². The predicted octanol–water partition coefficient (Wildman–Crippen LogP) is 3.44. The SMILES string of the molecule is CC(Oc1cccc(Br)c1)C(=O)NNC(=O)c1cccc(Br)c1. The van der Waals surface area contributed by atoms with Crippen LogP contribution in [-0.2, 0) is 4.79 Å². The third kappa shape index (κ3) is 5.37. The molecule has 0 aliphatic heterocycles. The fourth-order valence-electron chi connectivity index (χ4n) is 1.72. The van der Waals surface area contributed by atoms with Crippen LogP contribution in [0.2, 0.25) is 0 Å². The molecule has 2 aromatic rings. The highest BCUT2D eigenvalue weighted by Crippen LogP contribution is 2.18. The topological polar surface area (TPSA) is 67.4 Å². The standard InChI is InChI=1S/C16H14Br2N2O3/c1-10(23-14-7-3-6-13(18)9-14)15(21)19-20-16(22)11-4-2-5-12(17)8-11/h2-10H,1H3,(H,19,21)(H,20,22). The number of ether oxygens (including phenoxy) is 1. The van der Waals surface area contributed by atoms with Gasteiger partial charge in [0.05, 0.1) is 0 Å². The Labute approximate surface area is 150 Å². The van der Waals surface area contributed by atoms with Gasteiger partial charge in [0.2, 0.25) is 0 Å². The fourth-order valence-corrected chi connectivity index (χ4v) is 2.50. The zero-order chi connectivity index (χ0) is 16.8. The summed E-state index contributed by atoms with van der Waals surface area (Å²) >= 11 is 6.61. The van der Waals surface area contributed by atoms with Crippen molar-refractivity contribution < 1.29 is 14.3 Å². The molecule has 0 bridgehead atoms. The van der Waals surface area contributed by atoms with Crippen LogP contribution in [0.25, 0.3) is 0 Å². The summed E-state index contributed by atoms with van der Waals surface area (Å²) in [4.78, 5) is 23.9. The molecule has 1 atom stereocenters. The molecule has 7 heteroatoms. The summed E-state index contributed by atoms with van der Waals surface area (Å²) in [5.74, 6) is -0.303. The molecule has 0 saturated heterocycles. The molecule has 2 rings (SSSR count). The Balaban J connectivity index is 1.87. The van der Waals surface area contributed by atoms with E-state index in [1.807, 2.05) is 12.1 Å². The molecule has 2 aromatic carbocycles. The van der Waals surface area contributed by atoms with E-state index in [1.165, 1.54) is 0 Å². The number of carbonyl (C=O) groups is 2. The van der Waals surface area contributed by atoms with E-state index in [9.17, 15) is 9.59 Å². The number of benzene rings is 2. The smallest absolute Gasteiger partial charge is 0.279 e. The van der Waals surface area contributed by atoms with E-state index < -0.39 is 17.9 Å². The minimum Gasteiger partial charge on any atom is -0.481 e. The van der Waals surface area contributed by atoms with Crippen LogP contribution in [0, 0.1) is 0 Å². The van der Waals surface area contributed by atoms with Crippen LogP contribution in [0.5, 0.6) is 5.75 Å². The van der Waals surface area contributed by atoms with E-state index >= 15 is 0 Å². The number of amides is 2. The second-order valence-electron chi connectivity index (χ2n) is 4.67. The van der Waals surface area contributed by atoms with Crippen molar-refractivity contribution in [3.05, 3.63) is 63.0 Å². The number of hydrazine groups is 1. The van der Waals surface area contributed by atoms with Crippen molar-refractivity contribution in [2.45, 2.75) is 13.0 Å². The molecule has 23 heavy (non-hydrogen) atoms. The minimum atomic E-state index is -0.757. The zero-order valence-electron chi connectivity index (χ0n) is 12.2. The van der Waals surface area contributed by atoms with Crippen LogP contribution in [0.4, 0.5) is 0 Å².